The van der Waals surface area contributed by atoms with E-state index in [0.717, 1.165) is 25.7 Å². The number of ether oxygens (including phenoxy) is 1. The molecule has 0 aromatic rings. The van der Waals surface area contributed by atoms with E-state index >= 15 is 0 Å². The maximum atomic E-state index is 12.5. The third-order valence-corrected chi connectivity index (χ3v) is 9.31. The first-order valence-corrected chi connectivity index (χ1v) is 10.5. The van der Waals surface area contributed by atoms with Crippen molar-refractivity contribution in [3.05, 3.63) is 0 Å². The third kappa shape index (κ3) is 2.16. The summed E-state index contributed by atoms with van der Waals surface area (Å²) in [5.41, 5.74) is 0.461. The summed E-state index contributed by atoms with van der Waals surface area (Å²) in [6.45, 7) is 7.03. The molecule has 3 fully saturated rings. The first kappa shape index (κ1) is 15.7. The van der Waals surface area contributed by atoms with Crippen LogP contribution in [0.3, 0.4) is 0 Å². The second kappa shape index (κ2) is 4.87. The average molecular weight is 340 g/mol. The molecule has 1 heterocycles. The zero-order valence-electron chi connectivity index (χ0n) is 14.3. The molecule has 0 saturated heterocycles. The van der Waals surface area contributed by atoms with Crippen LogP contribution in [0.15, 0.2) is 4.40 Å². The van der Waals surface area contributed by atoms with Crippen LogP contribution in [0.1, 0.15) is 65.7 Å². The Morgan fingerprint density at radius 3 is 2.57 bits per heavy atom. The molecule has 5 atom stereocenters. The summed E-state index contributed by atoms with van der Waals surface area (Å²) in [4.78, 5) is 0. The molecule has 6 heteroatoms. The van der Waals surface area contributed by atoms with Gasteiger partial charge in [-0.05, 0) is 55.3 Å². The predicted molar refractivity (Wildman–Crippen MR) is 89.6 cm³/mol. The van der Waals surface area contributed by atoms with Crippen LogP contribution in [0.2, 0.25) is 0 Å². The molecule has 2 bridgehead atoms. The number of fused-ring (bicyclic) bond motifs is 3. The van der Waals surface area contributed by atoms with E-state index in [9.17, 15) is 8.42 Å². The molecule has 130 valence electrons. The number of hydrogen-bond donors (Lipinski definition) is 1. The van der Waals surface area contributed by atoms with Crippen LogP contribution in [0, 0.1) is 16.7 Å². The van der Waals surface area contributed by atoms with Crippen molar-refractivity contribution >= 4 is 16.0 Å². The monoisotopic (exact) mass is 340 g/mol. The van der Waals surface area contributed by atoms with Crippen molar-refractivity contribution in [3.63, 3.8) is 0 Å². The highest BCUT2D eigenvalue weighted by atomic mass is 32.2. The lowest BCUT2D eigenvalue weighted by atomic mass is 9.69. The first-order chi connectivity index (χ1) is 10.7. The van der Waals surface area contributed by atoms with E-state index < -0.39 is 15.3 Å². The van der Waals surface area contributed by atoms with Crippen LogP contribution < -0.4 is 5.32 Å². The molecule has 2 unspecified atom stereocenters. The van der Waals surface area contributed by atoms with Gasteiger partial charge in [0.15, 0.2) is 0 Å². The van der Waals surface area contributed by atoms with Crippen LogP contribution in [0.25, 0.3) is 0 Å². The maximum absolute atomic E-state index is 12.5. The summed E-state index contributed by atoms with van der Waals surface area (Å²) in [6.07, 6.45) is 6.83. The van der Waals surface area contributed by atoms with Crippen LogP contribution in [-0.2, 0) is 14.8 Å². The molecule has 1 aliphatic heterocycles. The molecule has 3 aliphatic carbocycles. The van der Waals surface area contributed by atoms with Crippen LogP contribution in [0.4, 0.5) is 0 Å². The summed E-state index contributed by atoms with van der Waals surface area (Å²) in [5, 5.41) is 2.95. The van der Waals surface area contributed by atoms with Crippen molar-refractivity contribution in [3.8, 4) is 0 Å². The summed E-state index contributed by atoms with van der Waals surface area (Å²) in [5.74, 6) is 0.702. The normalized spacial score (nSPS) is 46.7. The van der Waals surface area contributed by atoms with Gasteiger partial charge in [0.2, 0.25) is 0 Å². The fourth-order valence-electron chi connectivity index (χ4n) is 5.52. The van der Waals surface area contributed by atoms with Gasteiger partial charge in [0.05, 0.1) is 0 Å². The van der Waals surface area contributed by atoms with Gasteiger partial charge in [-0.25, -0.2) is 8.42 Å². The van der Waals surface area contributed by atoms with Gasteiger partial charge in [-0.15, -0.1) is 4.40 Å². The number of sulfonamides is 1. The Morgan fingerprint density at radius 2 is 1.91 bits per heavy atom. The van der Waals surface area contributed by atoms with E-state index in [2.05, 4.69) is 30.5 Å². The number of hydrogen-bond acceptors (Lipinski definition) is 4. The average Bonchev–Trinajstić information content (AvgIpc) is 2.80. The van der Waals surface area contributed by atoms with E-state index in [0.29, 0.717) is 12.3 Å². The Balaban J connectivity index is 1.57. The molecule has 0 radical (unpaired) electrons. The summed E-state index contributed by atoms with van der Waals surface area (Å²) >= 11 is 0. The third-order valence-electron chi connectivity index (χ3n) is 7.59. The van der Waals surface area contributed by atoms with Crippen LogP contribution in [-0.4, -0.2) is 31.8 Å². The highest BCUT2D eigenvalue weighted by molar-refractivity contribution is 7.91. The molecule has 5 nitrogen and oxygen atoms in total. The minimum absolute atomic E-state index is 0.177. The molecule has 3 saturated carbocycles. The zero-order valence-corrected chi connectivity index (χ0v) is 15.2. The Labute approximate surface area is 139 Å². The van der Waals surface area contributed by atoms with Crippen molar-refractivity contribution in [2.45, 2.75) is 83.1 Å². The van der Waals surface area contributed by atoms with E-state index in [-0.39, 0.29) is 29.0 Å². The highest BCUT2D eigenvalue weighted by Crippen LogP contribution is 2.65. The molecule has 0 spiro atoms. The van der Waals surface area contributed by atoms with Gasteiger partial charge in [0, 0.05) is 6.04 Å². The summed E-state index contributed by atoms with van der Waals surface area (Å²) < 4.78 is 34.9. The summed E-state index contributed by atoms with van der Waals surface area (Å²) in [6, 6.07) is 0.507. The SMILES string of the molecule is CC1(C)[C@@H]2CC[C@@]1(C)[C@H](NC1=NS(=O)(=O)C3CCCCC3O1)C2. The standard InChI is InChI=1S/C17H28N2O3S/c1-16(2)11-8-9-17(16,3)14(10-11)18-15-19-23(20,21)13-7-5-4-6-12(13)22-15/h11-14H,4-10H2,1-3H3,(H,18,19)/t11-,12?,13?,14-,17+/m1/s1. The van der Waals surface area contributed by atoms with Gasteiger partial charge >= 0.3 is 6.02 Å². The van der Waals surface area contributed by atoms with Crippen LogP contribution >= 0.6 is 0 Å². The van der Waals surface area contributed by atoms with Gasteiger partial charge < -0.3 is 10.1 Å². The molecular weight excluding hydrogens is 312 g/mol. The number of nitrogens with zero attached hydrogens (tertiary/aromatic N) is 1. The van der Waals surface area contributed by atoms with E-state index in [4.69, 9.17) is 4.74 Å². The zero-order chi connectivity index (χ0) is 16.5. The van der Waals surface area contributed by atoms with Crippen molar-refractivity contribution in [1.29, 1.82) is 0 Å². The fraction of sp³-hybridized carbons (Fsp3) is 0.941. The van der Waals surface area contributed by atoms with E-state index in [1.54, 1.807) is 0 Å². The molecule has 1 N–H and O–H groups in total. The van der Waals surface area contributed by atoms with Gasteiger partial charge in [0.25, 0.3) is 10.0 Å². The van der Waals surface area contributed by atoms with E-state index in [1.165, 1.54) is 12.8 Å². The van der Waals surface area contributed by atoms with Crippen molar-refractivity contribution in [1.82, 2.24) is 5.32 Å². The smallest absolute Gasteiger partial charge is 0.301 e. The molecule has 0 aromatic carbocycles. The Morgan fingerprint density at radius 1 is 1.17 bits per heavy atom. The van der Waals surface area contributed by atoms with Crippen molar-refractivity contribution in [2.24, 2.45) is 21.1 Å². The molecule has 0 amide bonds. The van der Waals surface area contributed by atoms with E-state index in [1.807, 2.05) is 0 Å². The Hall–Kier alpha value is -0.780. The largest absolute Gasteiger partial charge is 0.460 e. The lowest BCUT2D eigenvalue weighted by Gasteiger charge is -2.41. The molecule has 0 aromatic heterocycles. The fourth-order valence-corrected chi connectivity index (χ4v) is 7.02. The molecule has 4 rings (SSSR count). The number of amidine groups is 1. The molecule has 4 aliphatic rings. The minimum atomic E-state index is -3.44. The highest BCUT2D eigenvalue weighted by Gasteiger charge is 2.61. The van der Waals surface area contributed by atoms with Gasteiger partial charge in [-0.1, -0.05) is 27.2 Å². The first-order valence-electron chi connectivity index (χ1n) is 9.01. The predicted octanol–water partition coefficient (Wildman–Crippen LogP) is 2.82. The lowest BCUT2D eigenvalue weighted by molar-refractivity contribution is 0.107. The van der Waals surface area contributed by atoms with Crippen molar-refractivity contribution in [2.75, 3.05) is 0 Å². The van der Waals surface area contributed by atoms with Crippen LogP contribution in [0.5, 0.6) is 0 Å². The second-order valence-electron chi connectivity index (χ2n) is 8.70. The maximum Gasteiger partial charge on any atom is 0.301 e. The Bertz CT molecular complexity index is 642. The van der Waals surface area contributed by atoms with Gasteiger partial charge in [0.1, 0.15) is 11.4 Å². The number of rotatable bonds is 1. The summed E-state index contributed by atoms with van der Waals surface area (Å²) in [7, 11) is -3.44. The molecular formula is C17H28N2O3S. The topological polar surface area (TPSA) is 67.8 Å². The second-order valence-corrected chi connectivity index (χ2v) is 10.5. The number of nitrogens with one attached hydrogen (secondary N) is 1. The quantitative estimate of drug-likeness (QED) is 0.797. The Kier molecular flexibility index (Phi) is 3.33. The van der Waals surface area contributed by atoms with Gasteiger partial charge in [-0.2, -0.15) is 0 Å². The van der Waals surface area contributed by atoms with Crippen molar-refractivity contribution < 1.29 is 13.2 Å². The lowest BCUT2D eigenvalue weighted by Crippen LogP contribution is -2.52. The molecule has 23 heavy (non-hydrogen) atoms. The minimum Gasteiger partial charge on any atom is -0.460 e. The van der Waals surface area contributed by atoms with Gasteiger partial charge in [-0.3, -0.25) is 0 Å².